The lowest BCUT2D eigenvalue weighted by Gasteiger charge is -2.41. The first-order valence-electron chi connectivity index (χ1n) is 27.1. The minimum atomic E-state index is -0.152. The molecule has 2 amide bonds. The van der Waals surface area contributed by atoms with Crippen molar-refractivity contribution >= 4 is 58.0 Å². The van der Waals surface area contributed by atoms with Gasteiger partial charge in [-0.1, -0.05) is 83.3 Å². The topological polar surface area (TPSA) is 107 Å². The molecule has 0 spiro atoms. The van der Waals surface area contributed by atoms with Crippen LogP contribution in [0.2, 0.25) is 15.1 Å². The number of rotatable bonds is 22. The van der Waals surface area contributed by atoms with E-state index in [2.05, 4.69) is 110 Å². The number of benzene rings is 4. The Kier molecular flexibility index (Phi) is 19.4. The minimum Gasteiger partial charge on any atom is -0.369 e. The van der Waals surface area contributed by atoms with Gasteiger partial charge >= 0.3 is 0 Å². The second kappa shape index (κ2) is 26.1. The van der Waals surface area contributed by atoms with Gasteiger partial charge in [0.25, 0.3) is 11.8 Å². The van der Waals surface area contributed by atoms with Gasteiger partial charge in [-0.15, -0.1) is 0 Å². The smallest absolute Gasteiger partial charge is 0.252 e. The Labute approximate surface area is 460 Å². The van der Waals surface area contributed by atoms with Crippen LogP contribution in [0.4, 0.5) is 11.4 Å². The lowest BCUT2D eigenvalue weighted by Crippen LogP contribution is -2.44. The highest BCUT2D eigenvalue weighted by Gasteiger charge is 2.31. The molecule has 2 aliphatic rings. The first-order valence-corrected chi connectivity index (χ1v) is 28.2. The number of nitrogens with one attached hydrogen (secondary N) is 2. The summed E-state index contributed by atoms with van der Waals surface area (Å²) < 4.78 is 4.31. The Balaban J connectivity index is 0.870. The van der Waals surface area contributed by atoms with Crippen LogP contribution in [0, 0.1) is 13.8 Å². The van der Waals surface area contributed by atoms with E-state index < -0.39 is 0 Å². The molecule has 0 aliphatic heterocycles. The molecule has 2 aliphatic carbocycles. The molecule has 2 N–H and O–H groups in total. The summed E-state index contributed by atoms with van der Waals surface area (Å²) in [7, 11) is 6.61. The maximum atomic E-state index is 14.1. The third-order valence-electron chi connectivity index (χ3n) is 16.2. The van der Waals surface area contributed by atoms with E-state index in [1.807, 2.05) is 68.8 Å². The number of hydrogen-bond acceptors (Lipinski definition) is 8. The van der Waals surface area contributed by atoms with Crippen molar-refractivity contribution in [3.8, 4) is 0 Å². The van der Waals surface area contributed by atoms with Crippen molar-refractivity contribution in [3.05, 3.63) is 164 Å². The largest absolute Gasteiger partial charge is 0.369 e. The van der Waals surface area contributed by atoms with E-state index >= 15 is 0 Å². The maximum absolute atomic E-state index is 14.1. The average Bonchev–Trinajstić information content (AvgIpc) is 4.08. The molecule has 2 heterocycles. The number of carbonyl (C=O) groups excluding carboxylic acids is 2. The lowest BCUT2D eigenvalue weighted by atomic mass is 9.88. The lowest BCUT2D eigenvalue weighted by molar-refractivity contribution is 0.0942. The number of nitrogens with zero attached hydrogens (tertiary/aromatic N) is 8. The number of halogens is 3. The molecule has 2 saturated carbocycles. The highest BCUT2D eigenvalue weighted by molar-refractivity contribution is 6.32. The van der Waals surface area contributed by atoms with Crippen LogP contribution in [0.5, 0.6) is 0 Å². The predicted molar refractivity (Wildman–Crippen MR) is 308 cm³/mol. The van der Waals surface area contributed by atoms with E-state index in [0.29, 0.717) is 64.8 Å². The summed E-state index contributed by atoms with van der Waals surface area (Å²) in [6.07, 6.45) is 17.8. The number of aromatic nitrogens is 4. The quantitative estimate of drug-likeness (QED) is 0.0692. The zero-order chi connectivity index (χ0) is 53.2. The maximum Gasteiger partial charge on any atom is 0.252 e. The summed E-state index contributed by atoms with van der Waals surface area (Å²) in [5, 5.41) is 8.21. The standard InChI is InChI=1S/C60H77Cl3N10O2/c1-8-71(49-23-19-47(20-24-49)68(5)6)56-38-46(62)36-52(42(56)4)60(75)67-39-58-65-31-34-73(58)54(43-15-11-10-12-16-43)28-32-69(7)48-21-25-50(26-22-48)72(9-2)55-37-45(61)35-51(41(55)3)59(74)66-29-27-57-64-30-33-70(57)40-44-17-13-14-18-53(44)63/h10-18,30-31,33-38,47-50,54H,8-9,19-29,32,39-40H2,1-7H3,(H,66,74)(H,67,75). The average molecular weight is 1080 g/mol. The first-order chi connectivity index (χ1) is 36.2. The van der Waals surface area contributed by atoms with Gasteiger partial charge in [0.15, 0.2) is 0 Å². The summed E-state index contributed by atoms with van der Waals surface area (Å²) in [5.74, 6) is 1.39. The fourth-order valence-electron chi connectivity index (χ4n) is 11.9. The van der Waals surface area contributed by atoms with Crippen molar-refractivity contribution in [2.24, 2.45) is 0 Å². The van der Waals surface area contributed by atoms with Crippen molar-refractivity contribution in [3.63, 3.8) is 0 Å². The van der Waals surface area contributed by atoms with Crippen LogP contribution in [-0.2, 0) is 19.5 Å². The molecule has 1 atom stereocenters. The second-order valence-corrected chi connectivity index (χ2v) is 22.1. The molecule has 2 aromatic heterocycles. The monoisotopic (exact) mass is 1070 g/mol. The molecule has 12 nitrogen and oxygen atoms in total. The van der Waals surface area contributed by atoms with Gasteiger partial charge < -0.3 is 39.4 Å². The number of amides is 2. The molecule has 0 radical (unpaired) electrons. The van der Waals surface area contributed by atoms with Crippen LogP contribution in [0.25, 0.3) is 0 Å². The number of anilines is 2. The van der Waals surface area contributed by atoms with Crippen LogP contribution in [0.3, 0.4) is 0 Å². The summed E-state index contributed by atoms with van der Waals surface area (Å²) in [6, 6.07) is 27.9. The van der Waals surface area contributed by atoms with Crippen molar-refractivity contribution in [1.82, 2.24) is 39.5 Å². The fourth-order valence-corrected chi connectivity index (χ4v) is 12.5. The van der Waals surface area contributed by atoms with Gasteiger partial charge in [-0.25, -0.2) is 9.97 Å². The normalized spacial score (nSPS) is 18.3. The summed E-state index contributed by atoms with van der Waals surface area (Å²) in [5.41, 5.74) is 7.36. The van der Waals surface area contributed by atoms with Gasteiger partial charge in [-0.05, 0) is 159 Å². The second-order valence-electron chi connectivity index (χ2n) is 20.9. The SMILES string of the molecule is CCN(c1cc(Cl)cc(C(=O)NCCc2nccn2Cc2ccccc2Cl)c1C)C1CCC(N(C)CCC(c2ccccc2)n2ccnc2CNC(=O)c2cc(Cl)cc(N(CC)C3CCC(N(C)C)CC3)c2C)CC1. The van der Waals surface area contributed by atoms with E-state index in [-0.39, 0.29) is 24.4 Å². The number of carbonyl (C=O) groups is 2. The van der Waals surface area contributed by atoms with Crippen LogP contribution in [-0.4, -0.2) is 112 Å². The summed E-state index contributed by atoms with van der Waals surface area (Å²) in [4.78, 5) is 47.0. The molecular weight excluding hydrogens is 999 g/mol. The van der Waals surface area contributed by atoms with E-state index in [9.17, 15) is 9.59 Å². The Morgan fingerprint density at radius 3 is 1.79 bits per heavy atom. The van der Waals surface area contributed by atoms with Gasteiger partial charge in [0.05, 0.1) is 19.1 Å². The highest BCUT2D eigenvalue weighted by Crippen LogP contribution is 2.37. The highest BCUT2D eigenvalue weighted by atomic mass is 35.5. The Bertz CT molecular complexity index is 2830. The molecule has 400 valence electrons. The van der Waals surface area contributed by atoms with Crippen molar-refractivity contribution < 1.29 is 9.59 Å². The van der Waals surface area contributed by atoms with Gasteiger partial charge in [0.1, 0.15) is 11.6 Å². The van der Waals surface area contributed by atoms with E-state index in [1.54, 1.807) is 18.3 Å². The predicted octanol–water partition coefficient (Wildman–Crippen LogP) is 12.1. The zero-order valence-corrected chi connectivity index (χ0v) is 47.3. The van der Waals surface area contributed by atoms with E-state index in [0.717, 1.165) is 122 Å². The molecule has 0 bridgehead atoms. The molecule has 1 unspecified atom stereocenters. The van der Waals surface area contributed by atoms with Gasteiger partial charge in [0.2, 0.25) is 0 Å². The summed E-state index contributed by atoms with van der Waals surface area (Å²) >= 11 is 20.0. The van der Waals surface area contributed by atoms with Gasteiger partial charge in [-0.3, -0.25) is 9.59 Å². The third kappa shape index (κ3) is 13.6. The van der Waals surface area contributed by atoms with Crippen LogP contribution < -0.4 is 20.4 Å². The fraction of sp³-hybridized carbons (Fsp3) is 0.467. The molecular formula is C60H77Cl3N10O2. The van der Waals surface area contributed by atoms with Crippen LogP contribution >= 0.6 is 34.8 Å². The third-order valence-corrected chi connectivity index (χ3v) is 17.0. The molecule has 75 heavy (non-hydrogen) atoms. The molecule has 4 aromatic carbocycles. The number of imidazole rings is 2. The van der Waals surface area contributed by atoms with Crippen LogP contribution in [0.15, 0.2) is 104 Å². The first kappa shape index (κ1) is 55.9. The van der Waals surface area contributed by atoms with Crippen molar-refractivity contribution in [2.75, 3.05) is 57.1 Å². The molecule has 6 aromatic rings. The van der Waals surface area contributed by atoms with E-state index in [1.165, 1.54) is 5.56 Å². The van der Waals surface area contributed by atoms with E-state index in [4.69, 9.17) is 39.8 Å². The Morgan fingerprint density at radius 1 is 0.667 bits per heavy atom. The molecule has 2 fully saturated rings. The van der Waals surface area contributed by atoms with Crippen LogP contribution in [0.1, 0.15) is 132 Å². The van der Waals surface area contributed by atoms with Crippen molar-refractivity contribution in [1.29, 1.82) is 0 Å². The van der Waals surface area contributed by atoms with Crippen molar-refractivity contribution in [2.45, 2.75) is 135 Å². The molecule has 15 heteroatoms. The zero-order valence-electron chi connectivity index (χ0n) is 45.0. The number of hydrogen-bond donors (Lipinski definition) is 2. The molecule has 8 rings (SSSR count). The van der Waals surface area contributed by atoms with Gasteiger partial charge in [-0.2, -0.15) is 0 Å². The molecule has 0 saturated heterocycles. The summed E-state index contributed by atoms with van der Waals surface area (Å²) in [6.45, 7) is 12.4. The Hall–Kier alpha value is -5.37. The minimum absolute atomic E-state index is 0.0230. The Morgan fingerprint density at radius 2 is 1.20 bits per heavy atom. The van der Waals surface area contributed by atoms with Gasteiger partial charge in [0, 0.05) is 119 Å².